The molecule has 124 valence electrons. The van der Waals surface area contributed by atoms with Gasteiger partial charge in [0, 0.05) is 11.6 Å². The summed E-state index contributed by atoms with van der Waals surface area (Å²) in [5.74, 6) is 1.67. The fraction of sp³-hybridized carbons (Fsp3) is 0.316. The minimum Gasteiger partial charge on any atom is -0.491 e. The number of aromatic amines is 1. The van der Waals surface area contributed by atoms with Gasteiger partial charge in [-0.2, -0.15) is 0 Å². The van der Waals surface area contributed by atoms with Crippen LogP contribution < -0.4 is 4.74 Å². The van der Waals surface area contributed by atoms with Gasteiger partial charge in [-0.05, 0) is 56.3 Å². The molecule has 2 aromatic carbocycles. The van der Waals surface area contributed by atoms with E-state index in [9.17, 15) is 0 Å². The number of nitrogens with one attached hydrogen (secondary N) is 1. The van der Waals surface area contributed by atoms with Crippen LogP contribution in [0.1, 0.15) is 12.8 Å². The number of nitrogens with zero attached hydrogens (tertiary/aromatic N) is 2. The van der Waals surface area contributed by atoms with Crippen LogP contribution in [0.3, 0.4) is 0 Å². The number of hydrogen-bond acceptors (Lipinski definition) is 3. The Morgan fingerprint density at radius 2 is 1.96 bits per heavy atom. The maximum absolute atomic E-state index is 6.06. The predicted octanol–water partition coefficient (Wildman–Crippen LogP) is 4.36. The first kappa shape index (κ1) is 15.5. The summed E-state index contributed by atoms with van der Waals surface area (Å²) in [6, 6.07) is 13.7. The minimum absolute atomic E-state index is 0.697. The lowest BCUT2D eigenvalue weighted by molar-refractivity contribution is 0.238. The van der Waals surface area contributed by atoms with E-state index in [1.54, 1.807) is 0 Å². The SMILES string of the molecule is Clc1ccc2nc(-c3ccccc3OCCN3CCCC3)[nH]c2c1. The van der Waals surface area contributed by atoms with Crippen LogP contribution in [0.25, 0.3) is 22.4 Å². The number of aromatic nitrogens is 2. The number of para-hydroxylation sites is 1. The second-order valence-corrected chi connectivity index (χ2v) is 6.58. The van der Waals surface area contributed by atoms with E-state index < -0.39 is 0 Å². The average Bonchev–Trinajstić information content (AvgIpc) is 3.24. The monoisotopic (exact) mass is 341 g/mol. The van der Waals surface area contributed by atoms with Crippen LogP contribution in [0.15, 0.2) is 42.5 Å². The van der Waals surface area contributed by atoms with Crippen molar-refractivity contribution in [3.05, 3.63) is 47.5 Å². The molecule has 0 spiro atoms. The third-order valence-electron chi connectivity index (χ3n) is 4.45. The summed E-state index contributed by atoms with van der Waals surface area (Å²) in [6.45, 7) is 4.05. The molecule has 0 unspecified atom stereocenters. The second kappa shape index (κ2) is 6.83. The van der Waals surface area contributed by atoms with Gasteiger partial charge in [-0.15, -0.1) is 0 Å². The Labute approximate surface area is 146 Å². The molecule has 1 fully saturated rings. The normalized spacial score (nSPS) is 15.2. The largest absolute Gasteiger partial charge is 0.491 e. The highest BCUT2D eigenvalue weighted by Gasteiger charge is 2.13. The third-order valence-corrected chi connectivity index (χ3v) is 4.68. The van der Waals surface area contributed by atoms with Gasteiger partial charge in [0.25, 0.3) is 0 Å². The maximum Gasteiger partial charge on any atom is 0.142 e. The Morgan fingerprint density at radius 1 is 1.12 bits per heavy atom. The predicted molar refractivity (Wildman–Crippen MR) is 97.7 cm³/mol. The summed E-state index contributed by atoms with van der Waals surface area (Å²) in [5, 5.41) is 0.702. The van der Waals surface area contributed by atoms with E-state index in [0.29, 0.717) is 11.6 Å². The quantitative estimate of drug-likeness (QED) is 0.749. The highest BCUT2D eigenvalue weighted by atomic mass is 35.5. The number of hydrogen-bond donors (Lipinski definition) is 1. The third kappa shape index (κ3) is 3.25. The van der Waals surface area contributed by atoms with Gasteiger partial charge in [-0.3, -0.25) is 4.90 Å². The maximum atomic E-state index is 6.06. The van der Waals surface area contributed by atoms with E-state index in [4.69, 9.17) is 16.3 Å². The lowest BCUT2D eigenvalue weighted by atomic mass is 10.2. The Kier molecular flexibility index (Phi) is 4.41. The van der Waals surface area contributed by atoms with Crippen molar-refractivity contribution in [2.24, 2.45) is 0 Å². The molecular weight excluding hydrogens is 322 g/mol. The first-order valence-electron chi connectivity index (χ1n) is 8.39. The van der Waals surface area contributed by atoms with Crippen LogP contribution >= 0.6 is 11.6 Å². The number of halogens is 1. The number of imidazole rings is 1. The van der Waals surface area contributed by atoms with Gasteiger partial charge in [-0.25, -0.2) is 4.98 Å². The van der Waals surface area contributed by atoms with Crippen LogP contribution in [0.2, 0.25) is 5.02 Å². The fourth-order valence-electron chi connectivity index (χ4n) is 3.19. The van der Waals surface area contributed by atoms with Crippen molar-refractivity contribution in [1.29, 1.82) is 0 Å². The number of ether oxygens (including phenoxy) is 1. The van der Waals surface area contributed by atoms with E-state index in [0.717, 1.165) is 34.7 Å². The molecule has 0 aliphatic carbocycles. The van der Waals surface area contributed by atoms with E-state index in [2.05, 4.69) is 14.9 Å². The van der Waals surface area contributed by atoms with Crippen LogP contribution in [0.5, 0.6) is 5.75 Å². The Hall–Kier alpha value is -2.04. The molecule has 0 bridgehead atoms. The second-order valence-electron chi connectivity index (χ2n) is 6.14. The van der Waals surface area contributed by atoms with Crippen LogP contribution in [0.4, 0.5) is 0 Å². The molecule has 3 aromatic rings. The molecule has 2 heterocycles. The van der Waals surface area contributed by atoms with Gasteiger partial charge in [0.15, 0.2) is 0 Å². The summed E-state index contributed by atoms with van der Waals surface area (Å²) in [4.78, 5) is 10.5. The molecule has 1 aromatic heterocycles. The molecule has 0 radical (unpaired) electrons. The number of likely N-dealkylation sites (tertiary alicyclic amines) is 1. The van der Waals surface area contributed by atoms with Crippen LogP contribution in [0, 0.1) is 0 Å². The van der Waals surface area contributed by atoms with E-state index in [-0.39, 0.29) is 0 Å². The fourth-order valence-corrected chi connectivity index (χ4v) is 3.36. The zero-order chi connectivity index (χ0) is 16.4. The first-order chi connectivity index (χ1) is 11.8. The van der Waals surface area contributed by atoms with Crippen LogP contribution in [-0.2, 0) is 0 Å². The van der Waals surface area contributed by atoms with Crippen molar-refractivity contribution in [3.8, 4) is 17.1 Å². The summed E-state index contributed by atoms with van der Waals surface area (Å²) < 4.78 is 6.05. The summed E-state index contributed by atoms with van der Waals surface area (Å²) in [6.07, 6.45) is 2.61. The standard InChI is InChI=1S/C19H20ClN3O/c20-14-7-8-16-17(13-14)22-19(21-16)15-5-1-2-6-18(15)24-12-11-23-9-3-4-10-23/h1-2,5-8,13H,3-4,9-12H2,(H,21,22). The Bertz CT molecular complexity index is 839. The molecule has 1 N–H and O–H groups in total. The molecule has 4 nitrogen and oxygen atoms in total. The van der Waals surface area contributed by atoms with Gasteiger partial charge in [0.05, 0.1) is 16.6 Å². The number of fused-ring (bicyclic) bond motifs is 1. The molecule has 1 aliphatic rings. The molecule has 0 saturated carbocycles. The van der Waals surface area contributed by atoms with Crippen molar-refractivity contribution in [2.45, 2.75) is 12.8 Å². The summed E-state index contributed by atoms with van der Waals surface area (Å²) in [7, 11) is 0. The summed E-state index contributed by atoms with van der Waals surface area (Å²) in [5.41, 5.74) is 2.82. The van der Waals surface area contributed by atoms with E-state index in [1.807, 2.05) is 42.5 Å². The van der Waals surface area contributed by atoms with Crippen molar-refractivity contribution in [3.63, 3.8) is 0 Å². The van der Waals surface area contributed by atoms with E-state index in [1.165, 1.54) is 25.9 Å². The van der Waals surface area contributed by atoms with Gasteiger partial charge in [0.1, 0.15) is 18.2 Å². The molecule has 0 amide bonds. The van der Waals surface area contributed by atoms with E-state index >= 15 is 0 Å². The van der Waals surface area contributed by atoms with Gasteiger partial charge >= 0.3 is 0 Å². The number of H-pyrrole nitrogens is 1. The highest BCUT2D eigenvalue weighted by molar-refractivity contribution is 6.31. The van der Waals surface area contributed by atoms with Crippen molar-refractivity contribution < 1.29 is 4.74 Å². The average molecular weight is 342 g/mol. The van der Waals surface area contributed by atoms with Crippen molar-refractivity contribution in [2.75, 3.05) is 26.2 Å². The van der Waals surface area contributed by atoms with Gasteiger partial charge in [0.2, 0.25) is 0 Å². The van der Waals surface area contributed by atoms with Gasteiger partial charge < -0.3 is 9.72 Å². The molecule has 5 heteroatoms. The lowest BCUT2D eigenvalue weighted by Crippen LogP contribution is -2.25. The number of rotatable bonds is 5. The molecule has 4 rings (SSSR count). The minimum atomic E-state index is 0.697. The van der Waals surface area contributed by atoms with Crippen LogP contribution in [-0.4, -0.2) is 41.1 Å². The smallest absolute Gasteiger partial charge is 0.142 e. The van der Waals surface area contributed by atoms with Crippen molar-refractivity contribution in [1.82, 2.24) is 14.9 Å². The molecule has 1 aliphatic heterocycles. The first-order valence-corrected chi connectivity index (χ1v) is 8.77. The molecular formula is C19H20ClN3O. The molecule has 24 heavy (non-hydrogen) atoms. The van der Waals surface area contributed by atoms with Gasteiger partial charge in [-0.1, -0.05) is 23.7 Å². The topological polar surface area (TPSA) is 41.1 Å². The zero-order valence-electron chi connectivity index (χ0n) is 13.5. The highest BCUT2D eigenvalue weighted by Crippen LogP contribution is 2.30. The Morgan fingerprint density at radius 3 is 2.83 bits per heavy atom. The lowest BCUT2D eigenvalue weighted by Gasteiger charge is -2.16. The van der Waals surface area contributed by atoms with Crippen molar-refractivity contribution >= 4 is 22.6 Å². The number of benzene rings is 2. The Balaban J connectivity index is 1.55. The zero-order valence-corrected chi connectivity index (χ0v) is 14.2. The molecule has 1 saturated heterocycles. The summed E-state index contributed by atoms with van der Waals surface area (Å²) >= 11 is 6.06. The molecule has 0 atom stereocenters.